The van der Waals surface area contributed by atoms with E-state index in [0.29, 0.717) is 12.1 Å². The average molecular weight is 507 g/mol. The summed E-state index contributed by atoms with van der Waals surface area (Å²) < 4.78 is 40.1. The van der Waals surface area contributed by atoms with E-state index in [1.165, 1.54) is 19.3 Å². The highest BCUT2D eigenvalue weighted by atomic mass is 35.5. The molecule has 35 heavy (non-hydrogen) atoms. The first kappa shape index (κ1) is 25.9. The fourth-order valence-corrected chi connectivity index (χ4v) is 3.60. The number of hydrogen-bond donors (Lipinski definition) is 3. The highest BCUT2D eigenvalue weighted by molar-refractivity contribution is 6.32. The lowest BCUT2D eigenvalue weighted by molar-refractivity contribution is -0.137. The second-order valence-electron chi connectivity index (χ2n) is 7.72. The van der Waals surface area contributed by atoms with Gasteiger partial charge in [0.1, 0.15) is 5.02 Å². The Labute approximate surface area is 204 Å². The van der Waals surface area contributed by atoms with Gasteiger partial charge in [-0.1, -0.05) is 31.2 Å². The summed E-state index contributed by atoms with van der Waals surface area (Å²) in [5, 5.41) is 7.70. The van der Waals surface area contributed by atoms with E-state index in [2.05, 4.69) is 37.5 Å². The van der Waals surface area contributed by atoms with E-state index in [4.69, 9.17) is 11.6 Å². The molecule has 0 fully saturated rings. The van der Waals surface area contributed by atoms with Gasteiger partial charge >= 0.3 is 6.18 Å². The Morgan fingerprint density at radius 3 is 2.63 bits per heavy atom. The topological polar surface area (TPSA) is 108 Å². The molecule has 1 heterocycles. The molecule has 2 amide bonds. The molecule has 0 saturated heterocycles. The summed E-state index contributed by atoms with van der Waals surface area (Å²) >= 11 is 6.21. The normalized spacial score (nSPS) is 18.7. The first-order chi connectivity index (χ1) is 16.5. The molecule has 1 aromatic carbocycles. The van der Waals surface area contributed by atoms with Crippen LogP contribution in [0.3, 0.4) is 0 Å². The smallest absolute Gasteiger partial charge is 0.359 e. The summed E-state index contributed by atoms with van der Waals surface area (Å²) in [6.45, 7) is 5.21. The molecule has 0 aliphatic heterocycles. The van der Waals surface area contributed by atoms with Gasteiger partial charge in [0.05, 0.1) is 23.4 Å². The molecule has 0 saturated carbocycles. The SMILES string of the molecule is C=CC(=O)Nc1cc(Nc2ncc(Cl)c(N=C3C=CCC(C)C3C(=O)NC)n2)cc(C(F)(F)F)c1. The van der Waals surface area contributed by atoms with Gasteiger partial charge in [-0.3, -0.25) is 9.59 Å². The number of benzene rings is 1. The van der Waals surface area contributed by atoms with Crippen molar-refractivity contribution in [2.75, 3.05) is 17.7 Å². The van der Waals surface area contributed by atoms with Crippen LogP contribution in [-0.2, 0) is 15.8 Å². The van der Waals surface area contributed by atoms with Crippen molar-refractivity contribution in [1.82, 2.24) is 15.3 Å². The van der Waals surface area contributed by atoms with E-state index in [9.17, 15) is 22.8 Å². The fourth-order valence-electron chi connectivity index (χ4n) is 3.47. The average Bonchev–Trinajstić information content (AvgIpc) is 2.80. The van der Waals surface area contributed by atoms with Crippen molar-refractivity contribution in [3.8, 4) is 0 Å². The van der Waals surface area contributed by atoms with E-state index >= 15 is 0 Å². The molecule has 2 atom stereocenters. The van der Waals surface area contributed by atoms with E-state index < -0.39 is 23.6 Å². The summed E-state index contributed by atoms with van der Waals surface area (Å²) in [4.78, 5) is 36.6. The van der Waals surface area contributed by atoms with Crippen molar-refractivity contribution < 1.29 is 22.8 Å². The molecule has 8 nitrogen and oxygen atoms in total. The van der Waals surface area contributed by atoms with Gasteiger partial charge in [0.15, 0.2) is 5.82 Å². The Morgan fingerprint density at radius 2 is 1.97 bits per heavy atom. The number of carbonyl (C=O) groups excluding carboxylic acids is 2. The number of halogens is 4. The molecule has 3 N–H and O–H groups in total. The Balaban J connectivity index is 1.98. The molecule has 184 valence electrons. The van der Waals surface area contributed by atoms with Crippen molar-refractivity contribution in [2.45, 2.75) is 19.5 Å². The Morgan fingerprint density at radius 1 is 1.26 bits per heavy atom. The minimum Gasteiger partial charge on any atom is -0.359 e. The highest BCUT2D eigenvalue weighted by Crippen LogP contribution is 2.35. The minimum absolute atomic E-state index is 0.00814. The first-order valence-corrected chi connectivity index (χ1v) is 10.8. The monoisotopic (exact) mass is 506 g/mol. The van der Waals surface area contributed by atoms with Crippen LogP contribution in [0.4, 0.5) is 36.3 Å². The first-order valence-electron chi connectivity index (χ1n) is 10.4. The van der Waals surface area contributed by atoms with Crippen molar-refractivity contribution in [3.63, 3.8) is 0 Å². The molecule has 0 radical (unpaired) electrons. The highest BCUT2D eigenvalue weighted by Gasteiger charge is 2.32. The van der Waals surface area contributed by atoms with Crippen molar-refractivity contribution in [3.05, 3.63) is 59.8 Å². The van der Waals surface area contributed by atoms with E-state index in [0.717, 1.165) is 18.2 Å². The Kier molecular flexibility index (Phi) is 7.90. The van der Waals surface area contributed by atoms with Crippen LogP contribution in [0.25, 0.3) is 0 Å². The van der Waals surface area contributed by atoms with Gasteiger partial charge in [0.25, 0.3) is 0 Å². The summed E-state index contributed by atoms with van der Waals surface area (Å²) in [5.41, 5.74) is -0.680. The van der Waals surface area contributed by atoms with Gasteiger partial charge in [0, 0.05) is 18.4 Å². The molecular weight excluding hydrogens is 485 g/mol. The number of anilines is 3. The molecule has 1 aliphatic carbocycles. The number of hydrogen-bond acceptors (Lipinski definition) is 6. The van der Waals surface area contributed by atoms with Crippen LogP contribution in [0.5, 0.6) is 0 Å². The van der Waals surface area contributed by atoms with E-state index in [-0.39, 0.29) is 40.0 Å². The van der Waals surface area contributed by atoms with Gasteiger partial charge in [-0.15, -0.1) is 0 Å². The third-order valence-electron chi connectivity index (χ3n) is 5.14. The molecular formula is C23H22ClF3N6O2. The van der Waals surface area contributed by atoms with Crippen LogP contribution in [0, 0.1) is 11.8 Å². The molecule has 2 aromatic rings. The summed E-state index contributed by atoms with van der Waals surface area (Å²) in [5.74, 6) is -1.45. The van der Waals surface area contributed by atoms with Crippen molar-refractivity contribution >= 4 is 52.3 Å². The van der Waals surface area contributed by atoms with Gasteiger partial charge in [-0.2, -0.15) is 18.2 Å². The number of alkyl halides is 3. The van der Waals surface area contributed by atoms with Crippen molar-refractivity contribution in [1.29, 1.82) is 0 Å². The van der Waals surface area contributed by atoms with Gasteiger partial charge in [-0.25, -0.2) is 9.98 Å². The zero-order valence-corrected chi connectivity index (χ0v) is 19.5. The van der Waals surface area contributed by atoms with Gasteiger partial charge in [0.2, 0.25) is 17.8 Å². The second-order valence-corrected chi connectivity index (χ2v) is 8.13. The van der Waals surface area contributed by atoms with Crippen LogP contribution in [0.2, 0.25) is 5.02 Å². The summed E-state index contributed by atoms with van der Waals surface area (Å²) in [6.07, 6.45) is 1.82. The predicted octanol–water partition coefficient (Wildman–Crippen LogP) is 5.05. The number of amides is 2. The molecule has 1 aliphatic rings. The minimum atomic E-state index is -4.66. The number of nitrogens with one attached hydrogen (secondary N) is 3. The number of nitrogens with zero attached hydrogens (tertiary/aromatic N) is 3. The molecule has 1 aromatic heterocycles. The predicted molar refractivity (Wildman–Crippen MR) is 128 cm³/mol. The molecule has 3 rings (SSSR count). The number of rotatable bonds is 6. The zero-order valence-electron chi connectivity index (χ0n) is 18.8. The lowest BCUT2D eigenvalue weighted by atomic mass is 9.82. The van der Waals surface area contributed by atoms with Crippen LogP contribution in [0.15, 0.2) is 54.2 Å². The van der Waals surface area contributed by atoms with Crippen LogP contribution < -0.4 is 16.0 Å². The number of allylic oxidation sites excluding steroid dienone is 2. The molecule has 2 unspecified atom stereocenters. The maximum atomic E-state index is 13.4. The number of carbonyl (C=O) groups is 2. The van der Waals surface area contributed by atoms with Crippen LogP contribution in [-0.4, -0.2) is 34.5 Å². The van der Waals surface area contributed by atoms with Crippen LogP contribution in [0.1, 0.15) is 18.9 Å². The zero-order chi connectivity index (χ0) is 25.8. The molecule has 0 bridgehead atoms. The quantitative estimate of drug-likeness (QED) is 0.475. The molecule has 0 spiro atoms. The standard InChI is InChI=1S/C23H22ClF3N6O2/c1-4-18(34)30-14-8-13(23(25,26)27)9-15(10-14)31-22-29-11-16(24)20(33-22)32-17-7-5-6-12(2)19(17)21(35)28-3/h4-5,7-12,19H,1,6H2,2-3H3,(H,28,35)(H,30,34)(H,29,31,33). The third kappa shape index (κ3) is 6.44. The van der Waals surface area contributed by atoms with E-state index in [1.54, 1.807) is 6.08 Å². The summed E-state index contributed by atoms with van der Waals surface area (Å²) in [6, 6.07) is 2.93. The largest absolute Gasteiger partial charge is 0.416 e. The second kappa shape index (κ2) is 10.7. The maximum Gasteiger partial charge on any atom is 0.416 e. The van der Waals surface area contributed by atoms with Gasteiger partial charge in [-0.05, 0) is 42.7 Å². The summed E-state index contributed by atoms with van der Waals surface area (Å²) in [7, 11) is 1.53. The number of aromatic nitrogens is 2. The van der Waals surface area contributed by atoms with Crippen LogP contribution >= 0.6 is 11.6 Å². The number of aliphatic imine (C=N–C) groups is 1. The Hall–Kier alpha value is -3.73. The third-order valence-corrected chi connectivity index (χ3v) is 5.41. The van der Waals surface area contributed by atoms with Gasteiger partial charge < -0.3 is 16.0 Å². The fraction of sp³-hybridized carbons (Fsp3) is 0.261. The Bertz CT molecular complexity index is 1210. The van der Waals surface area contributed by atoms with Crippen molar-refractivity contribution in [2.24, 2.45) is 16.8 Å². The maximum absolute atomic E-state index is 13.4. The van der Waals surface area contributed by atoms with E-state index in [1.807, 2.05) is 13.0 Å². The lowest BCUT2D eigenvalue weighted by Crippen LogP contribution is -2.38. The molecule has 12 heteroatoms. The lowest BCUT2D eigenvalue weighted by Gasteiger charge is -2.25.